The van der Waals surface area contributed by atoms with Crippen LogP contribution < -0.4 is 24.8 Å². The number of benzene rings is 1. The first-order chi connectivity index (χ1) is 10.0. The van der Waals surface area contributed by atoms with E-state index in [9.17, 15) is 0 Å². The van der Waals surface area contributed by atoms with Gasteiger partial charge in [0.2, 0.25) is 0 Å². The molecule has 5 heteroatoms. The molecule has 1 aromatic rings. The van der Waals surface area contributed by atoms with Crippen LogP contribution in [-0.4, -0.2) is 8.07 Å². The van der Waals surface area contributed by atoms with Crippen LogP contribution in [0, 0.1) is 5.92 Å². The maximum absolute atomic E-state index is 3.55. The van der Waals surface area contributed by atoms with Crippen LogP contribution in [0.2, 0.25) is 13.1 Å². The third kappa shape index (κ3) is 2.81. The summed E-state index contributed by atoms with van der Waals surface area (Å²) in [5.74, 6) is 0.647. The van der Waals surface area contributed by atoms with Gasteiger partial charge >= 0.3 is 152 Å². The van der Waals surface area contributed by atoms with Crippen LogP contribution in [0.3, 0.4) is 0 Å². The molecule has 0 saturated heterocycles. The Morgan fingerprint density at radius 2 is 1.78 bits per heavy atom. The van der Waals surface area contributed by atoms with Crippen LogP contribution in [-0.2, 0) is 24.7 Å². The van der Waals surface area contributed by atoms with Gasteiger partial charge in [0.15, 0.2) is 0 Å². The zero-order valence-corrected chi connectivity index (χ0v) is 19.5. The van der Waals surface area contributed by atoms with Gasteiger partial charge in [-0.1, -0.05) is 0 Å². The molecule has 0 radical (unpaired) electrons. The minimum Gasteiger partial charge on any atom is -1.00 e. The van der Waals surface area contributed by atoms with Crippen LogP contribution in [0.5, 0.6) is 0 Å². The number of hydrogen-bond donors (Lipinski definition) is 0. The maximum Gasteiger partial charge on any atom is -1.00 e. The molecule has 5 rings (SSSR count). The van der Waals surface area contributed by atoms with Crippen molar-refractivity contribution in [2.75, 3.05) is 0 Å². The fourth-order valence-corrected chi connectivity index (χ4v) is 11.9. The van der Waals surface area contributed by atoms with E-state index in [2.05, 4.69) is 71.5 Å². The molecule has 0 fully saturated rings. The van der Waals surface area contributed by atoms with E-state index in [0.717, 1.165) is 10.9 Å². The summed E-state index contributed by atoms with van der Waals surface area (Å²) in [5, 5.41) is 3.55. The van der Waals surface area contributed by atoms with Gasteiger partial charge in [-0.25, -0.2) is 0 Å². The molecule has 1 aromatic carbocycles. The molecule has 0 amide bonds. The Morgan fingerprint density at radius 1 is 1.13 bits per heavy atom. The molecule has 2 aliphatic carbocycles. The standard InChI is InChI=1S/C18H16BrSi.2ClH.Zr/c1-20(2)16-11-15(12-5-3-4-6-12)18(20)17(16)13-7-9-14(19)10-8-13;;;/h3-5,7-10,15H,6H2,1-2H3;2*1H;/q;;;+2/p-2. The average Bonchev–Trinajstić information content (AvgIpc) is 3.09. The van der Waals surface area contributed by atoms with Gasteiger partial charge in [-0.2, -0.15) is 0 Å². The number of allylic oxidation sites excluding steroid dienone is 8. The number of halogens is 3. The van der Waals surface area contributed by atoms with Crippen LogP contribution in [0.25, 0.3) is 5.57 Å². The Hall–Kier alpha value is 0.340. The summed E-state index contributed by atoms with van der Waals surface area (Å²) in [6.45, 7) is 5.07. The molecular formula is C18H16BrCl2SiZr. The Morgan fingerprint density at radius 3 is 2.35 bits per heavy atom. The van der Waals surface area contributed by atoms with E-state index in [1.165, 1.54) is 5.56 Å². The van der Waals surface area contributed by atoms with Crippen molar-refractivity contribution in [1.29, 1.82) is 0 Å². The van der Waals surface area contributed by atoms with Gasteiger partial charge in [0.05, 0.1) is 0 Å². The van der Waals surface area contributed by atoms with Gasteiger partial charge in [0.1, 0.15) is 0 Å². The summed E-state index contributed by atoms with van der Waals surface area (Å²) in [6.07, 6.45) is 8.03. The van der Waals surface area contributed by atoms with E-state index in [1.807, 2.05) is 0 Å². The molecule has 0 N–H and O–H groups in total. The molecule has 117 valence electrons. The second-order valence-corrected chi connectivity index (χ2v) is 13.0. The van der Waals surface area contributed by atoms with Gasteiger partial charge in [-0.15, -0.1) is 0 Å². The van der Waals surface area contributed by atoms with Crippen LogP contribution in [0.4, 0.5) is 0 Å². The van der Waals surface area contributed by atoms with Crippen molar-refractivity contribution in [3.8, 4) is 0 Å². The zero-order chi connectivity index (χ0) is 14.8. The number of rotatable bonds is 2. The first-order valence-electron chi connectivity index (χ1n) is 7.34. The van der Waals surface area contributed by atoms with E-state index in [-0.39, 0.29) is 24.8 Å². The van der Waals surface area contributed by atoms with Crippen molar-refractivity contribution in [2.24, 2.45) is 5.92 Å². The van der Waals surface area contributed by atoms with Crippen molar-refractivity contribution in [3.05, 3.63) is 71.8 Å². The summed E-state index contributed by atoms with van der Waals surface area (Å²) < 4.78 is 2.89. The van der Waals surface area contributed by atoms with Crippen molar-refractivity contribution >= 4 is 29.6 Å². The fraction of sp³-hybridized carbons (Fsp3) is 0.222. The molecule has 0 spiro atoms. The fourth-order valence-electron chi connectivity index (χ4n) is 4.06. The molecule has 4 aliphatic rings. The quantitative estimate of drug-likeness (QED) is 0.471. The van der Waals surface area contributed by atoms with Gasteiger partial charge < -0.3 is 24.8 Å². The molecule has 1 unspecified atom stereocenters. The van der Waals surface area contributed by atoms with E-state index >= 15 is 0 Å². The van der Waals surface area contributed by atoms with Crippen LogP contribution in [0.15, 0.2) is 66.2 Å². The largest absolute Gasteiger partial charge is 1.00 e. The Balaban J connectivity index is 0.000000960. The molecule has 2 bridgehead atoms. The third-order valence-electron chi connectivity index (χ3n) is 4.97. The molecule has 2 heterocycles. The van der Waals surface area contributed by atoms with Crippen molar-refractivity contribution < 1.29 is 49.5 Å². The predicted octanol–water partition coefficient (Wildman–Crippen LogP) is -0.672. The summed E-state index contributed by atoms with van der Waals surface area (Å²) in [7, 11) is -1.30. The smallest absolute Gasteiger partial charge is 1.00 e. The first kappa shape index (κ1) is 19.7. The molecule has 0 saturated carbocycles. The molecule has 0 nitrogen and oxygen atoms in total. The molecule has 0 aromatic heterocycles. The van der Waals surface area contributed by atoms with E-state index in [1.54, 1.807) is 49.5 Å². The van der Waals surface area contributed by atoms with Crippen LogP contribution >= 0.6 is 15.9 Å². The summed E-state index contributed by atoms with van der Waals surface area (Å²) in [6, 6.07) is 8.89. The van der Waals surface area contributed by atoms with Crippen molar-refractivity contribution in [3.63, 3.8) is 0 Å². The summed E-state index contributed by atoms with van der Waals surface area (Å²) in [4.78, 5) is 0. The monoisotopic (exact) mass is 499 g/mol. The molecule has 2 aliphatic heterocycles. The minimum absolute atomic E-state index is 0. The normalized spacial score (nSPS) is 23.3. The van der Waals surface area contributed by atoms with Gasteiger partial charge in [-0.3, -0.25) is 0 Å². The molecule has 1 atom stereocenters. The Bertz CT molecular complexity index is 773. The van der Waals surface area contributed by atoms with Gasteiger partial charge in [0, 0.05) is 0 Å². The Labute approximate surface area is 175 Å². The van der Waals surface area contributed by atoms with Crippen molar-refractivity contribution in [2.45, 2.75) is 19.5 Å². The molecule has 23 heavy (non-hydrogen) atoms. The van der Waals surface area contributed by atoms with Gasteiger partial charge in [0.25, 0.3) is 0 Å². The number of fused-ring (bicyclic) bond motifs is 1. The maximum atomic E-state index is 3.55. The topological polar surface area (TPSA) is 0 Å². The summed E-state index contributed by atoms with van der Waals surface area (Å²) >= 11 is 5.16. The SMILES string of the molecule is C[Si]1(C)C2=[C]([Zr+2])C(C3=CC=CC3)C1=C2c1ccc(Br)cc1.[Cl-].[Cl-]. The predicted molar refractivity (Wildman–Crippen MR) is 90.9 cm³/mol. The summed E-state index contributed by atoms with van der Waals surface area (Å²) in [5.41, 5.74) is 4.65. The number of hydrogen-bond acceptors (Lipinski definition) is 0. The second kappa shape index (κ2) is 6.92. The minimum atomic E-state index is -1.30. The molecular weight excluding hydrogens is 486 g/mol. The third-order valence-corrected chi connectivity index (χ3v) is 11.1. The second-order valence-electron chi connectivity index (χ2n) is 6.52. The Kier molecular flexibility index (Phi) is 5.92. The van der Waals surface area contributed by atoms with Crippen molar-refractivity contribution in [1.82, 2.24) is 0 Å². The van der Waals surface area contributed by atoms with E-state index in [0.29, 0.717) is 5.92 Å². The zero-order valence-electron chi connectivity index (χ0n) is 13.0. The van der Waals surface area contributed by atoms with Gasteiger partial charge in [-0.05, 0) is 0 Å². The van der Waals surface area contributed by atoms with E-state index < -0.39 is 8.07 Å². The first-order valence-corrected chi connectivity index (χ1v) is 12.4. The van der Waals surface area contributed by atoms with Crippen LogP contribution in [0.1, 0.15) is 12.0 Å². The average molecular weight is 502 g/mol. The van der Waals surface area contributed by atoms with E-state index in [4.69, 9.17) is 0 Å².